The molecule has 1 heterocycles. The van der Waals surface area contributed by atoms with Gasteiger partial charge in [0, 0.05) is 18.0 Å². The van der Waals surface area contributed by atoms with Crippen molar-refractivity contribution in [2.75, 3.05) is 13.2 Å². The topological polar surface area (TPSA) is 49.3 Å². The van der Waals surface area contributed by atoms with E-state index in [0.29, 0.717) is 17.8 Å². The smallest absolute Gasteiger partial charge is 0.261 e. The maximum Gasteiger partial charge on any atom is 0.261 e. The van der Waals surface area contributed by atoms with Crippen molar-refractivity contribution < 1.29 is 14.3 Å². The predicted molar refractivity (Wildman–Crippen MR) is 73.7 cm³/mol. The van der Waals surface area contributed by atoms with Crippen molar-refractivity contribution in [3.05, 3.63) is 47.1 Å². The van der Waals surface area contributed by atoms with Crippen LogP contribution in [-0.2, 0) is 0 Å². The SMILES string of the molecule is O=C(NCCCO)c1ccc(-c2ccc(F)cc2)s1. The molecule has 19 heavy (non-hydrogen) atoms. The average Bonchev–Trinajstić information content (AvgIpc) is 2.89. The molecule has 100 valence electrons. The van der Waals surface area contributed by atoms with Crippen LogP contribution in [0.3, 0.4) is 0 Å². The van der Waals surface area contributed by atoms with Crippen LogP contribution in [0, 0.1) is 5.82 Å². The van der Waals surface area contributed by atoms with Crippen molar-refractivity contribution in [1.29, 1.82) is 0 Å². The number of rotatable bonds is 5. The molecule has 2 aromatic rings. The molecule has 0 fully saturated rings. The molecule has 0 aliphatic heterocycles. The molecule has 0 aliphatic rings. The molecule has 0 saturated carbocycles. The van der Waals surface area contributed by atoms with Crippen LogP contribution in [0.5, 0.6) is 0 Å². The lowest BCUT2D eigenvalue weighted by molar-refractivity contribution is 0.0955. The fourth-order valence-electron chi connectivity index (χ4n) is 1.60. The third kappa shape index (κ3) is 3.62. The highest BCUT2D eigenvalue weighted by Gasteiger charge is 2.09. The predicted octanol–water partition coefficient (Wildman–Crippen LogP) is 2.67. The number of aliphatic hydroxyl groups is 1. The van der Waals surface area contributed by atoms with Crippen LogP contribution in [0.1, 0.15) is 16.1 Å². The lowest BCUT2D eigenvalue weighted by Gasteiger charge is -2.01. The monoisotopic (exact) mass is 279 g/mol. The van der Waals surface area contributed by atoms with Gasteiger partial charge in [-0.25, -0.2) is 4.39 Å². The van der Waals surface area contributed by atoms with Crippen molar-refractivity contribution in [2.24, 2.45) is 0 Å². The molecule has 0 atom stereocenters. The first kappa shape index (κ1) is 13.7. The van der Waals surface area contributed by atoms with Gasteiger partial charge in [-0.1, -0.05) is 12.1 Å². The number of carbonyl (C=O) groups excluding carboxylic acids is 1. The van der Waals surface area contributed by atoms with Crippen molar-refractivity contribution in [3.8, 4) is 10.4 Å². The summed E-state index contributed by atoms with van der Waals surface area (Å²) in [5.74, 6) is -0.422. The third-order valence-corrected chi connectivity index (χ3v) is 3.71. The standard InChI is InChI=1S/C14H14FNO2S/c15-11-4-2-10(3-5-11)12-6-7-13(19-12)14(18)16-8-1-9-17/h2-7,17H,1,8-9H2,(H,16,18). The molecule has 2 rings (SSSR count). The minimum Gasteiger partial charge on any atom is -0.396 e. The van der Waals surface area contributed by atoms with E-state index in [-0.39, 0.29) is 18.3 Å². The Morgan fingerprint density at radius 1 is 1.21 bits per heavy atom. The van der Waals surface area contributed by atoms with Gasteiger partial charge in [-0.3, -0.25) is 4.79 Å². The first-order chi connectivity index (χ1) is 9.20. The quantitative estimate of drug-likeness (QED) is 0.827. The Morgan fingerprint density at radius 2 is 1.95 bits per heavy atom. The summed E-state index contributed by atoms with van der Waals surface area (Å²) in [5, 5.41) is 11.4. The number of amides is 1. The Labute approximate surface area is 114 Å². The number of carbonyl (C=O) groups is 1. The Morgan fingerprint density at radius 3 is 2.63 bits per heavy atom. The third-order valence-electron chi connectivity index (χ3n) is 2.58. The van der Waals surface area contributed by atoms with E-state index in [4.69, 9.17) is 5.11 Å². The molecule has 0 spiro atoms. The van der Waals surface area contributed by atoms with E-state index in [1.807, 2.05) is 6.07 Å². The first-order valence-corrected chi connectivity index (χ1v) is 6.77. The fourth-order valence-corrected chi connectivity index (χ4v) is 2.53. The summed E-state index contributed by atoms with van der Waals surface area (Å²) in [6, 6.07) is 9.77. The Hall–Kier alpha value is -1.72. The normalized spacial score (nSPS) is 10.4. The van der Waals surface area contributed by atoms with E-state index in [9.17, 15) is 9.18 Å². The van der Waals surface area contributed by atoms with E-state index in [1.165, 1.54) is 23.5 Å². The van der Waals surface area contributed by atoms with Crippen LogP contribution < -0.4 is 5.32 Å². The van der Waals surface area contributed by atoms with Gasteiger partial charge in [-0.05, 0) is 36.2 Å². The minimum atomic E-state index is -0.276. The summed E-state index contributed by atoms with van der Waals surface area (Å²) in [6.45, 7) is 0.519. The molecular formula is C14H14FNO2S. The Bertz CT molecular complexity index is 551. The van der Waals surface area contributed by atoms with Crippen LogP contribution in [-0.4, -0.2) is 24.2 Å². The highest BCUT2D eigenvalue weighted by molar-refractivity contribution is 7.17. The van der Waals surface area contributed by atoms with Gasteiger partial charge in [-0.2, -0.15) is 0 Å². The summed E-state index contributed by atoms with van der Waals surface area (Å²) in [7, 11) is 0. The number of halogens is 1. The molecule has 0 aliphatic carbocycles. The molecule has 0 unspecified atom stereocenters. The molecule has 1 aromatic heterocycles. The van der Waals surface area contributed by atoms with Crippen LogP contribution in [0.4, 0.5) is 4.39 Å². The van der Waals surface area contributed by atoms with Crippen molar-refractivity contribution in [2.45, 2.75) is 6.42 Å². The summed E-state index contributed by atoms with van der Waals surface area (Å²) in [6.07, 6.45) is 0.544. The Kier molecular flexibility index (Phi) is 4.65. The lowest BCUT2D eigenvalue weighted by atomic mass is 10.2. The molecule has 0 saturated heterocycles. The van der Waals surface area contributed by atoms with Crippen LogP contribution in [0.15, 0.2) is 36.4 Å². The van der Waals surface area contributed by atoms with E-state index in [1.54, 1.807) is 18.2 Å². The average molecular weight is 279 g/mol. The molecule has 0 radical (unpaired) electrons. The summed E-state index contributed by atoms with van der Waals surface area (Å²) in [4.78, 5) is 13.3. The van der Waals surface area contributed by atoms with Gasteiger partial charge in [0.15, 0.2) is 0 Å². The van der Waals surface area contributed by atoms with Crippen LogP contribution in [0.2, 0.25) is 0 Å². The largest absolute Gasteiger partial charge is 0.396 e. The zero-order valence-electron chi connectivity index (χ0n) is 10.2. The number of hydrogen-bond donors (Lipinski definition) is 2. The molecular weight excluding hydrogens is 265 g/mol. The summed E-state index contributed by atoms with van der Waals surface area (Å²) in [5.41, 5.74) is 0.890. The molecule has 0 bridgehead atoms. The minimum absolute atomic E-state index is 0.0611. The number of nitrogens with one attached hydrogen (secondary N) is 1. The summed E-state index contributed by atoms with van der Waals surface area (Å²) >= 11 is 1.36. The second kappa shape index (κ2) is 6.45. The van der Waals surface area contributed by atoms with Gasteiger partial charge < -0.3 is 10.4 Å². The first-order valence-electron chi connectivity index (χ1n) is 5.95. The van der Waals surface area contributed by atoms with E-state index in [0.717, 1.165) is 10.4 Å². The van der Waals surface area contributed by atoms with Gasteiger partial charge in [0.2, 0.25) is 0 Å². The molecule has 5 heteroatoms. The highest BCUT2D eigenvalue weighted by atomic mass is 32.1. The fraction of sp³-hybridized carbons (Fsp3) is 0.214. The second-order valence-corrected chi connectivity index (χ2v) is 5.09. The zero-order chi connectivity index (χ0) is 13.7. The van der Waals surface area contributed by atoms with Crippen LogP contribution >= 0.6 is 11.3 Å². The number of hydrogen-bond acceptors (Lipinski definition) is 3. The van der Waals surface area contributed by atoms with Gasteiger partial charge in [0.05, 0.1) is 4.88 Å². The number of aliphatic hydroxyl groups excluding tert-OH is 1. The zero-order valence-corrected chi connectivity index (χ0v) is 11.0. The molecule has 1 aromatic carbocycles. The van der Waals surface area contributed by atoms with Gasteiger partial charge in [-0.15, -0.1) is 11.3 Å². The number of thiophene rings is 1. The molecule has 1 amide bonds. The van der Waals surface area contributed by atoms with Gasteiger partial charge in [0.25, 0.3) is 5.91 Å². The Balaban J connectivity index is 2.06. The molecule has 2 N–H and O–H groups in total. The van der Waals surface area contributed by atoms with Gasteiger partial charge in [0.1, 0.15) is 5.82 Å². The molecule has 3 nitrogen and oxygen atoms in total. The lowest BCUT2D eigenvalue weighted by Crippen LogP contribution is -2.24. The van der Waals surface area contributed by atoms with Gasteiger partial charge >= 0.3 is 0 Å². The van der Waals surface area contributed by atoms with Crippen molar-refractivity contribution in [1.82, 2.24) is 5.32 Å². The van der Waals surface area contributed by atoms with E-state index >= 15 is 0 Å². The van der Waals surface area contributed by atoms with E-state index in [2.05, 4.69) is 5.32 Å². The summed E-state index contributed by atoms with van der Waals surface area (Å²) < 4.78 is 12.8. The number of benzene rings is 1. The van der Waals surface area contributed by atoms with Crippen molar-refractivity contribution in [3.63, 3.8) is 0 Å². The highest BCUT2D eigenvalue weighted by Crippen LogP contribution is 2.28. The maximum atomic E-state index is 12.8. The van der Waals surface area contributed by atoms with E-state index < -0.39 is 0 Å². The van der Waals surface area contributed by atoms with Crippen LogP contribution in [0.25, 0.3) is 10.4 Å². The second-order valence-electron chi connectivity index (χ2n) is 4.00. The maximum absolute atomic E-state index is 12.8. The van der Waals surface area contributed by atoms with Crippen molar-refractivity contribution >= 4 is 17.2 Å².